The Morgan fingerprint density at radius 3 is 2.90 bits per heavy atom. The normalized spacial score (nSPS) is 32.9. The quantitative estimate of drug-likeness (QED) is 0.854. The van der Waals surface area contributed by atoms with Gasteiger partial charge in [-0.05, 0) is 12.5 Å². The van der Waals surface area contributed by atoms with Crippen LogP contribution in [0.3, 0.4) is 0 Å². The minimum atomic E-state index is -1.37. The lowest BCUT2D eigenvalue weighted by atomic mass is 9.85. The molecule has 6 heteroatoms. The summed E-state index contributed by atoms with van der Waals surface area (Å²) in [4.78, 5) is 24.9. The van der Waals surface area contributed by atoms with Crippen LogP contribution in [-0.2, 0) is 4.74 Å². The lowest BCUT2D eigenvalue weighted by molar-refractivity contribution is -0.0640. The lowest BCUT2D eigenvalue weighted by Crippen LogP contribution is -2.34. The van der Waals surface area contributed by atoms with Crippen LogP contribution >= 0.6 is 0 Å². The van der Waals surface area contributed by atoms with Crippen LogP contribution in [0.5, 0.6) is 0 Å². The number of halogens is 1. The van der Waals surface area contributed by atoms with E-state index in [1.54, 1.807) is 13.0 Å². The molecule has 0 aliphatic carbocycles. The summed E-state index contributed by atoms with van der Waals surface area (Å²) in [6.45, 7) is 7.10. The van der Waals surface area contributed by atoms with Crippen LogP contribution in [-0.4, -0.2) is 21.3 Å². The van der Waals surface area contributed by atoms with Crippen molar-refractivity contribution in [1.82, 2.24) is 9.55 Å². The van der Waals surface area contributed by atoms with Crippen LogP contribution in [0.4, 0.5) is 4.39 Å². The molecule has 1 aliphatic rings. The fourth-order valence-electron chi connectivity index (χ4n) is 2.60. The summed E-state index contributed by atoms with van der Waals surface area (Å²) in [5.74, 6) is -0.453. The molecule has 0 amide bonds. The van der Waals surface area contributed by atoms with Gasteiger partial charge in [-0.3, -0.25) is 14.3 Å². The molecule has 5 nitrogen and oxygen atoms in total. The Morgan fingerprint density at radius 2 is 2.35 bits per heavy atom. The van der Waals surface area contributed by atoms with Crippen molar-refractivity contribution in [2.75, 3.05) is 0 Å². The molecule has 2 rings (SSSR count). The number of hydrogen-bond donors (Lipinski definition) is 1. The van der Waals surface area contributed by atoms with E-state index in [2.05, 4.69) is 17.3 Å². The lowest BCUT2D eigenvalue weighted by Gasteiger charge is -2.27. The topological polar surface area (TPSA) is 64.1 Å². The van der Waals surface area contributed by atoms with Gasteiger partial charge in [0.1, 0.15) is 5.60 Å². The molecule has 1 aliphatic heterocycles. The third kappa shape index (κ3) is 2.17. The Balaban J connectivity index is 2.47. The van der Waals surface area contributed by atoms with E-state index in [-0.39, 0.29) is 0 Å². The van der Waals surface area contributed by atoms with Crippen molar-refractivity contribution in [3.63, 3.8) is 0 Å². The summed E-state index contributed by atoms with van der Waals surface area (Å²) < 4.78 is 21.4. The second kappa shape index (κ2) is 5.23. The molecule has 1 saturated heterocycles. The first kappa shape index (κ1) is 14.5. The summed E-state index contributed by atoms with van der Waals surface area (Å²) in [6.07, 6.45) is 0.934. The molecule has 0 saturated carbocycles. The number of nitrogens with one attached hydrogen (secondary N) is 1. The molecule has 0 spiro atoms. The van der Waals surface area contributed by atoms with Gasteiger partial charge in [0.2, 0.25) is 0 Å². The third-order valence-corrected chi connectivity index (χ3v) is 3.89. The molecule has 4 atom stereocenters. The van der Waals surface area contributed by atoms with Gasteiger partial charge in [-0.2, -0.15) is 0 Å². The Bertz CT molecular complexity index is 659. The summed E-state index contributed by atoms with van der Waals surface area (Å²) in [5, 5.41) is 0. The van der Waals surface area contributed by atoms with E-state index < -0.39 is 35.2 Å². The SMILES string of the molecule is C=C=C[C@]1(CC)O[C@@H](n2ccc(=O)[nH]c2=O)[C@H](F)[C@@H]1C. The van der Waals surface area contributed by atoms with E-state index in [0.29, 0.717) is 6.42 Å². The van der Waals surface area contributed by atoms with Gasteiger partial charge in [0, 0.05) is 18.2 Å². The number of hydrogen-bond acceptors (Lipinski definition) is 3. The standard InChI is InChI=1S/C14H17FN2O3/c1-4-7-14(5-2)9(3)11(15)12(20-14)17-8-6-10(18)16-13(17)19/h6-9,11-12H,1,5H2,2-3H3,(H,16,18,19)/t9-,11+,12+,14-/m0/s1. The van der Waals surface area contributed by atoms with Crippen molar-refractivity contribution in [1.29, 1.82) is 0 Å². The monoisotopic (exact) mass is 280 g/mol. The average molecular weight is 280 g/mol. The van der Waals surface area contributed by atoms with E-state index in [1.807, 2.05) is 6.92 Å². The highest BCUT2D eigenvalue weighted by atomic mass is 19.1. The van der Waals surface area contributed by atoms with Gasteiger partial charge >= 0.3 is 5.69 Å². The molecular formula is C14H17FN2O3. The second-order valence-corrected chi connectivity index (χ2v) is 4.92. The van der Waals surface area contributed by atoms with E-state index in [0.717, 1.165) is 10.6 Å². The molecule has 0 aromatic carbocycles. The number of nitrogens with zero attached hydrogens (tertiary/aromatic N) is 1. The molecule has 0 bridgehead atoms. The fourth-order valence-corrected chi connectivity index (χ4v) is 2.60. The van der Waals surface area contributed by atoms with Gasteiger partial charge in [-0.1, -0.05) is 20.4 Å². The van der Waals surface area contributed by atoms with E-state index in [4.69, 9.17) is 4.74 Å². The van der Waals surface area contributed by atoms with Crippen LogP contribution in [0.15, 0.2) is 40.2 Å². The number of alkyl halides is 1. The summed E-state index contributed by atoms with van der Waals surface area (Å²) in [6, 6.07) is 1.16. The maximum Gasteiger partial charge on any atom is 0.330 e. The van der Waals surface area contributed by atoms with E-state index in [9.17, 15) is 14.0 Å². The molecule has 1 aromatic heterocycles. The maximum atomic E-state index is 14.5. The molecule has 1 fully saturated rings. The van der Waals surface area contributed by atoms with Gasteiger partial charge < -0.3 is 4.74 Å². The third-order valence-electron chi connectivity index (χ3n) is 3.89. The van der Waals surface area contributed by atoms with Crippen LogP contribution in [0.2, 0.25) is 0 Å². The van der Waals surface area contributed by atoms with Crippen molar-refractivity contribution in [2.45, 2.75) is 38.3 Å². The van der Waals surface area contributed by atoms with E-state index >= 15 is 0 Å². The van der Waals surface area contributed by atoms with Gasteiger partial charge in [0.05, 0.1) is 0 Å². The molecule has 2 heterocycles. The molecular weight excluding hydrogens is 263 g/mol. The van der Waals surface area contributed by atoms with Gasteiger partial charge in [-0.25, -0.2) is 9.18 Å². The highest BCUT2D eigenvalue weighted by molar-refractivity contribution is 5.10. The zero-order valence-electron chi connectivity index (χ0n) is 11.4. The minimum absolute atomic E-state index is 0.453. The molecule has 20 heavy (non-hydrogen) atoms. The number of aromatic nitrogens is 2. The number of H-pyrrole nitrogens is 1. The molecule has 108 valence electrons. The molecule has 1 aromatic rings. The predicted molar refractivity (Wildman–Crippen MR) is 72.2 cm³/mol. The summed E-state index contributed by atoms with van der Waals surface area (Å²) in [5.41, 5.74) is 0.575. The van der Waals surface area contributed by atoms with Crippen LogP contribution in [0, 0.1) is 5.92 Å². The highest BCUT2D eigenvalue weighted by Gasteiger charge is 2.52. The average Bonchev–Trinajstić information content (AvgIpc) is 2.65. The Morgan fingerprint density at radius 1 is 1.65 bits per heavy atom. The Kier molecular flexibility index (Phi) is 3.79. The molecule has 0 unspecified atom stereocenters. The van der Waals surface area contributed by atoms with Gasteiger partial charge in [0.15, 0.2) is 12.4 Å². The zero-order valence-corrected chi connectivity index (χ0v) is 11.4. The van der Waals surface area contributed by atoms with Crippen molar-refractivity contribution in [2.24, 2.45) is 5.92 Å². The van der Waals surface area contributed by atoms with Crippen molar-refractivity contribution in [3.05, 3.63) is 51.5 Å². The summed E-state index contributed by atoms with van der Waals surface area (Å²) >= 11 is 0. The largest absolute Gasteiger partial charge is 0.343 e. The molecule has 1 N–H and O–H groups in total. The smallest absolute Gasteiger partial charge is 0.330 e. The number of rotatable bonds is 3. The minimum Gasteiger partial charge on any atom is -0.343 e. The number of aromatic amines is 1. The van der Waals surface area contributed by atoms with E-state index in [1.165, 1.54) is 6.20 Å². The molecule has 0 radical (unpaired) electrons. The first-order chi connectivity index (χ1) is 9.45. The van der Waals surface area contributed by atoms with Crippen LogP contribution in [0.1, 0.15) is 26.5 Å². The Labute approximate surface area is 115 Å². The van der Waals surface area contributed by atoms with Crippen molar-refractivity contribution >= 4 is 0 Å². The zero-order chi connectivity index (χ0) is 14.9. The van der Waals surface area contributed by atoms with Gasteiger partial charge in [-0.15, -0.1) is 5.73 Å². The van der Waals surface area contributed by atoms with Gasteiger partial charge in [0.25, 0.3) is 5.56 Å². The fraction of sp³-hybridized carbons (Fsp3) is 0.500. The number of ether oxygens (including phenoxy) is 1. The van der Waals surface area contributed by atoms with Crippen molar-refractivity contribution in [3.8, 4) is 0 Å². The first-order valence-electron chi connectivity index (χ1n) is 6.45. The second-order valence-electron chi connectivity index (χ2n) is 4.92. The van der Waals surface area contributed by atoms with Crippen LogP contribution in [0.25, 0.3) is 0 Å². The Hall–Kier alpha value is -1.91. The highest BCUT2D eigenvalue weighted by Crippen LogP contribution is 2.45. The summed E-state index contributed by atoms with van der Waals surface area (Å²) in [7, 11) is 0. The first-order valence-corrected chi connectivity index (χ1v) is 6.45. The maximum absolute atomic E-state index is 14.5. The predicted octanol–water partition coefficient (Wildman–Crippen LogP) is 1.53. The van der Waals surface area contributed by atoms with Crippen LogP contribution < -0.4 is 11.2 Å². The van der Waals surface area contributed by atoms with Crippen molar-refractivity contribution < 1.29 is 9.13 Å².